The highest BCUT2D eigenvalue weighted by Crippen LogP contribution is 2.55. The Balaban J connectivity index is 1.07. The molecule has 0 fully saturated rings. The molecule has 8 aromatic heterocycles. The van der Waals surface area contributed by atoms with Crippen LogP contribution in [0.4, 0.5) is 0 Å². The van der Waals surface area contributed by atoms with Gasteiger partial charge in [-0.1, -0.05) is 261 Å². The summed E-state index contributed by atoms with van der Waals surface area (Å²) < 4.78 is 0. The van der Waals surface area contributed by atoms with E-state index in [1.54, 1.807) is 5.56 Å². The normalized spacial score (nSPS) is 13.9. The van der Waals surface area contributed by atoms with Crippen molar-refractivity contribution in [1.82, 2.24) is 9.80 Å². The molecule has 0 aliphatic carbocycles. The highest BCUT2D eigenvalue weighted by atomic mass is 32.1. The van der Waals surface area contributed by atoms with Crippen LogP contribution in [0.15, 0.2) is 83.9 Å². The van der Waals surface area contributed by atoms with E-state index in [2.05, 4.69) is 163 Å². The van der Waals surface area contributed by atoms with Crippen molar-refractivity contribution in [2.45, 2.75) is 352 Å². The maximum atomic E-state index is 16.7. The van der Waals surface area contributed by atoms with E-state index in [1.807, 2.05) is 79.4 Å². The van der Waals surface area contributed by atoms with Crippen LogP contribution in [0.25, 0.3) is 69.9 Å². The van der Waals surface area contributed by atoms with Crippen molar-refractivity contribution in [3.05, 3.63) is 126 Å². The lowest BCUT2D eigenvalue weighted by atomic mass is 9.93. The highest BCUT2D eigenvalue weighted by Gasteiger charge is 2.50. The van der Waals surface area contributed by atoms with Crippen molar-refractivity contribution in [1.29, 1.82) is 0 Å². The molecule has 12 heteroatoms. The number of thiophene rings is 8. The van der Waals surface area contributed by atoms with Crippen molar-refractivity contribution < 1.29 is 9.59 Å². The summed E-state index contributed by atoms with van der Waals surface area (Å²) in [4.78, 5) is 59.1. The number of unbranched alkanes of at least 4 members (excludes halogenated alkanes) is 28. The number of nitrogens with zero attached hydrogens (tertiary/aromatic N) is 2. The van der Waals surface area contributed by atoms with Crippen molar-refractivity contribution in [2.75, 3.05) is 13.1 Å². The number of aryl methyl sites for hydroxylation is 6. The molecule has 4 nitrogen and oxygen atoms in total. The Morgan fingerprint density at radius 3 is 0.907 bits per heavy atom. The molecule has 0 N–H and O–H groups in total. The zero-order valence-electron chi connectivity index (χ0n) is 68.6. The van der Waals surface area contributed by atoms with Crippen molar-refractivity contribution in [2.24, 2.45) is 11.8 Å². The third kappa shape index (κ3) is 24.1. The summed E-state index contributed by atoms with van der Waals surface area (Å²) in [5.74, 6) is 0.815. The van der Waals surface area contributed by atoms with Crippen LogP contribution in [0.1, 0.15) is 354 Å². The van der Waals surface area contributed by atoms with E-state index in [0.717, 1.165) is 78.9 Å². The first-order valence-corrected chi connectivity index (χ1v) is 50.5. The highest BCUT2D eigenvalue weighted by molar-refractivity contribution is 7.31. The fourth-order valence-electron chi connectivity index (χ4n) is 16.6. The molecule has 8 aromatic rings. The topological polar surface area (TPSA) is 40.6 Å². The van der Waals surface area contributed by atoms with Crippen LogP contribution in [0, 0.1) is 25.7 Å². The maximum absolute atomic E-state index is 16.7. The Bertz CT molecular complexity index is 4040. The predicted octanol–water partition coefficient (Wildman–Crippen LogP) is 33.8. The molecule has 10 heterocycles. The predicted molar refractivity (Wildman–Crippen MR) is 487 cm³/mol. The fourth-order valence-corrected chi connectivity index (χ4v) is 26.1. The molecule has 0 spiro atoms. The van der Waals surface area contributed by atoms with Crippen molar-refractivity contribution in [3.63, 3.8) is 0 Å². The second-order valence-electron chi connectivity index (χ2n) is 32.1. The largest absolute Gasteiger partial charge is 0.306 e. The lowest BCUT2D eigenvalue weighted by molar-refractivity contribution is -0.124. The Morgan fingerprint density at radius 1 is 0.259 bits per heavy atom. The van der Waals surface area contributed by atoms with Gasteiger partial charge in [-0.15, -0.1) is 90.7 Å². The number of carbonyl (C=O) groups excluding carboxylic acids is 2. The Kier molecular flexibility index (Phi) is 37.1. The summed E-state index contributed by atoms with van der Waals surface area (Å²) in [5.41, 5.74) is 9.10. The van der Waals surface area contributed by atoms with Crippen molar-refractivity contribution in [3.8, 4) is 58.5 Å². The molecule has 2 aliphatic rings. The monoisotopic (exact) mass is 1600 g/mol. The second kappa shape index (κ2) is 46.4. The zero-order chi connectivity index (χ0) is 76.0. The smallest absolute Gasteiger partial charge is 0.261 e. The fraction of sp³-hybridized carbons (Fsp3) is 0.604. The van der Waals surface area contributed by atoms with Crippen molar-refractivity contribution >= 4 is 114 Å². The molecule has 0 aromatic carbocycles. The summed E-state index contributed by atoms with van der Waals surface area (Å²) >= 11 is 15.6. The molecule has 2 amide bonds. The number of amides is 2. The van der Waals surface area contributed by atoms with Gasteiger partial charge in [-0.2, -0.15) is 0 Å². The summed E-state index contributed by atoms with van der Waals surface area (Å²) in [6, 6.07) is 29.0. The summed E-state index contributed by atoms with van der Waals surface area (Å²) in [7, 11) is 0. The van der Waals surface area contributed by atoms with E-state index < -0.39 is 0 Å². The minimum Gasteiger partial charge on any atom is -0.306 e. The third-order valence-electron chi connectivity index (χ3n) is 22.9. The first-order chi connectivity index (χ1) is 52.9. The molecule has 0 radical (unpaired) electrons. The van der Waals surface area contributed by atoms with Gasteiger partial charge in [0.25, 0.3) is 11.8 Å². The molecule has 0 saturated heterocycles. The van der Waals surface area contributed by atoms with Crippen LogP contribution >= 0.6 is 90.7 Å². The first-order valence-electron chi connectivity index (χ1n) is 43.9. The Morgan fingerprint density at radius 2 is 0.537 bits per heavy atom. The van der Waals surface area contributed by atoms with Crippen LogP contribution < -0.4 is 0 Å². The number of rotatable bonds is 56. The second-order valence-corrected chi connectivity index (χ2v) is 41.0. The Hall–Kier alpha value is -3.98. The van der Waals surface area contributed by atoms with Gasteiger partial charge in [0.15, 0.2) is 0 Å². The molecule has 0 bridgehead atoms. The summed E-state index contributed by atoms with van der Waals surface area (Å²) in [6.07, 6.45) is 53.6. The SMILES string of the molecule is CCCCCCCCC(CCCCCC)CN1C(=O)C2=C(c3ccc(-c4sc(-c5ccc(-c6cc(CCCCCC)c(-c7sc(-c8ccc(C)s8)cc7CCCCCC)s6)s5)cc4CCCCCC)s3)N(CC(CCCCCC)CCCCCCCC)C(=O)C2=C1c1ccc(-c2sc(C)cc2CCCCCC)s1. The number of carbonyl (C=O) groups is 2. The van der Waals surface area contributed by atoms with Crippen LogP contribution in [-0.4, -0.2) is 34.7 Å². The standard InChI is InChI=1S/C96H136N2O2S8/c1-11-19-27-35-37-41-49-71(47-39-29-21-13-3)67-97-89(80-59-61-82(104-80)91-73(63-70(10)102-91)51-43-31-23-15-5)87-88(96(97)100)90(98(95(87)99)68-72(48-40-30-22-14-4)50-42-38-36-28-20-12-2)81-60-62-83(105-81)92-74(52-44-32-24-16-6)64-85(106-92)78-57-58-79(103-78)86-66-76(54-46-34-26-18-8)94(108-86)93-75(53-45-33-25-17-7)65-84(107-93)77-56-55-69(9)101-77/h55-66,71-72H,11-54,67-68H2,1-10H3. The number of fused-ring (bicyclic) bond motifs is 1. The van der Waals surface area contributed by atoms with Gasteiger partial charge in [0.1, 0.15) is 0 Å². The molecule has 108 heavy (non-hydrogen) atoms. The van der Waals surface area contributed by atoms with Crippen LogP contribution in [0.3, 0.4) is 0 Å². The molecule has 10 rings (SSSR count). The minimum absolute atomic E-state index is 0.0534. The van der Waals surface area contributed by atoms with Gasteiger partial charge >= 0.3 is 0 Å². The zero-order valence-corrected chi connectivity index (χ0v) is 75.1. The molecule has 2 unspecified atom stereocenters. The Labute approximate surface area is 688 Å². The van der Waals surface area contributed by atoms with E-state index >= 15 is 9.59 Å². The molecule has 590 valence electrons. The van der Waals surface area contributed by atoms with E-state index in [4.69, 9.17) is 0 Å². The van der Waals surface area contributed by atoms with Gasteiger partial charge < -0.3 is 9.80 Å². The quantitative estimate of drug-likeness (QED) is 0.0357. The van der Waals surface area contributed by atoms with Crippen LogP contribution in [-0.2, 0) is 35.3 Å². The lowest BCUT2D eigenvalue weighted by Gasteiger charge is -2.29. The molecule has 2 aliphatic heterocycles. The minimum atomic E-state index is 0.0534. The molecular weight excluding hydrogens is 1470 g/mol. The van der Waals surface area contributed by atoms with Crippen LogP contribution in [0.2, 0.25) is 0 Å². The van der Waals surface area contributed by atoms with E-state index in [9.17, 15) is 0 Å². The average molecular weight is 1610 g/mol. The number of hydrogen-bond donors (Lipinski definition) is 0. The first kappa shape index (κ1) is 86.4. The van der Waals surface area contributed by atoms with Gasteiger partial charge in [-0.25, -0.2) is 0 Å². The maximum Gasteiger partial charge on any atom is 0.261 e. The summed E-state index contributed by atoms with van der Waals surface area (Å²) in [6.45, 7) is 24.4. The van der Waals surface area contributed by atoms with E-state index in [1.165, 1.54) is 310 Å². The lowest BCUT2D eigenvalue weighted by Crippen LogP contribution is -2.34. The summed E-state index contributed by atoms with van der Waals surface area (Å²) in [5, 5.41) is 0. The average Bonchev–Trinajstić information content (AvgIpc) is 1.55. The molecule has 0 saturated carbocycles. The van der Waals surface area contributed by atoms with Crippen LogP contribution in [0.5, 0.6) is 0 Å². The van der Waals surface area contributed by atoms with Gasteiger partial charge in [-0.05, 0) is 198 Å². The molecular formula is C96H136N2O2S8. The van der Waals surface area contributed by atoms with Gasteiger partial charge in [0.05, 0.1) is 32.3 Å². The number of hydrogen-bond acceptors (Lipinski definition) is 10. The van der Waals surface area contributed by atoms with E-state index in [-0.39, 0.29) is 11.8 Å². The van der Waals surface area contributed by atoms with Gasteiger partial charge in [-0.3, -0.25) is 9.59 Å². The van der Waals surface area contributed by atoms with Gasteiger partial charge in [0.2, 0.25) is 0 Å². The molecule has 2 atom stereocenters. The van der Waals surface area contributed by atoms with Gasteiger partial charge in [0, 0.05) is 81.4 Å². The van der Waals surface area contributed by atoms with E-state index in [0.29, 0.717) is 36.1 Å². The third-order valence-corrected chi connectivity index (χ3v) is 32.9.